The predicted octanol–water partition coefficient (Wildman–Crippen LogP) is 4.21. The van der Waals surface area contributed by atoms with Crippen molar-refractivity contribution in [3.05, 3.63) is 71.3 Å². The van der Waals surface area contributed by atoms with Crippen LogP contribution >= 0.6 is 0 Å². The number of piperidine rings is 1. The number of benzene rings is 2. The van der Waals surface area contributed by atoms with Gasteiger partial charge in [0.25, 0.3) is 0 Å². The predicted molar refractivity (Wildman–Crippen MR) is 132 cm³/mol. The number of likely N-dealkylation sites (N-methyl/N-ethyl adjacent to an activating group) is 1. The first kappa shape index (κ1) is 23.5. The van der Waals surface area contributed by atoms with Crippen molar-refractivity contribution in [1.29, 1.82) is 0 Å². The molecule has 0 N–H and O–H groups in total. The average molecular weight is 448 g/mol. The number of nitrogens with zero attached hydrogens (tertiary/aromatic N) is 3. The highest BCUT2D eigenvalue weighted by molar-refractivity contribution is 5.83. The van der Waals surface area contributed by atoms with Gasteiger partial charge < -0.3 is 14.7 Å². The fourth-order valence-electron chi connectivity index (χ4n) is 5.25. The number of rotatable bonds is 8. The highest BCUT2D eigenvalue weighted by atomic mass is 16.2. The number of carbonyl (C=O) groups is 2. The second-order valence-electron chi connectivity index (χ2n) is 9.70. The third-order valence-electron chi connectivity index (χ3n) is 7.26. The number of aryl methyl sites for hydroxylation is 1. The molecule has 2 aromatic rings. The molecule has 0 radical (unpaired) electrons. The molecule has 2 aliphatic heterocycles. The van der Waals surface area contributed by atoms with Gasteiger partial charge in [-0.25, -0.2) is 0 Å². The molecular weight excluding hydrogens is 410 g/mol. The van der Waals surface area contributed by atoms with Gasteiger partial charge in [-0.05, 0) is 50.3 Å². The van der Waals surface area contributed by atoms with Gasteiger partial charge in [0.2, 0.25) is 11.8 Å². The SMILES string of the molecule is Cc1ccc(CN(C)C(=O)C(CCN2CCC(N3CCCC3=O)CC2)c2ccccc2)cc1. The Balaban J connectivity index is 1.35. The van der Waals surface area contributed by atoms with E-state index in [-0.39, 0.29) is 11.8 Å². The Hall–Kier alpha value is -2.66. The third-order valence-corrected chi connectivity index (χ3v) is 7.26. The summed E-state index contributed by atoms with van der Waals surface area (Å²) in [4.78, 5) is 32.0. The highest BCUT2D eigenvalue weighted by Gasteiger charge is 2.31. The van der Waals surface area contributed by atoms with Gasteiger partial charge in [0.15, 0.2) is 0 Å². The second kappa shape index (κ2) is 11.0. The quantitative estimate of drug-likeness (QED) is 0.609. The fraction of sp³-hybridized carbons (Fsp3) is 0.500. The van der Waals surface area contributed by atoms with Gasteiger partial charge in [-0.15, -0.1) is 0 Å². The van der Waals surface area contributed by atoms with Gasteiger partial charge >= 0.3 is 0 Å². The number of hydrogen-bond acceptors (Lipinski definition) is 3. The molecule has 0 aromatic heterocycles. The van der Waals surface area contributed by atoms with E-state index in [1.54, 1.807) is 0 Å². The van der Waals surface area contributed by atoms with Gasteiger partial charge in [0.05, 0.1) is 5.92 Å². The number of likely N-dealkylation sites (tertiary alicyclic amines) is 2. The van der Waals surface area contributed by atoms with Crippen LogP contribution in [0, 0.1) is 6.92 Å². The van der Waals surface area contributed by atoms with E-state index >= 15 is 0 Å². The van der Waals surface area contributed by atoms with Gasteiger partial charge in [-0.1, -0.05) is 60.2 Å². The average Bonchev–Trinajstić information content (AvgIpc) is 3.27. The highest BCUT2D eigenvalue weighted by Crippen LogP contribution is 2.26. The first-order valence-corrected chi connectivity index (χ1v) is 12.4. The molecule has 5 heteroatoms. The van der Waals surface area contributed by atoms with Crippen LogP contribution in [-0.2, 0) is 16.1 Å². The van der Waals surface area contributed by atoms with Crippen molar-refractivity contribution in [2.75, 3.05) is 33.2 Å². The summed E-state index contributed by atoms with van der Waals surface area (Å²) in [6.07, 6.45) is 4.63. The Morgan fingerprint density at radius 2 is 1.73 bits per heavy atom. The van der Waals surface area contributed by atoms with E-state index in [4.69, 9.17) is 0 Å². The minimum absolute atomic E-state index is 0.139. The molecule has 2 aliphatic rings. The molecule has 1 atom stereocenters. The molecule has 0 spiro atoms. The van der Waals surface area contributed by atoms with Crippen LogP contribution < -0.4 is 0 Å². The molecule has 0 bridgehead atoms. The monoisotopic (exact) mass is 447 g/mol. The van der Waals surface area contributed by atoms with E-state index in [1.165, 1.54) is 5.56 Å². The van der Waals surface area contributed by atoms with Crippen molar-refractivity contribution in [1.82, 2.24) is 14.7 Å². The molecule has 2 aromatic carbocycles. The van der Waals surface area contributed by atoms with Crippen molar-refractivity contribution in [3.8, 4) is 0 Å². The fourth-order valence-corrected chi connectivity index (χ4v) is 5.25. The van der Waals surface area contributed by atoms with Crippen LogP contribution in [0.25, 0.3) is 0 Å². The topological polar surface area (TPSA) is 43.9 Å². The molecule has 0 aliphatic carbocycles. The molecule has 2 saturated heterocycles. The minimum Gasteiger partial charge on any atom is -0.341 e. The van der Waals surface area contributed by atoms with Crippen molar-refractivity contribution in [2.24, 2.45) is 0 Å². The molecule has 5 nitrogen and oxygen atoms in total. The molecule has 33 heavy (non-hydrogen) atoms. The van der Waals surface area contributed by atoms with Crippen LogP contribution in [0.5, 0.6) is 0 Å². The zero-order chi connectivity index (χ0) is 23.2. The van der Waals surface area contributed by atoms with E-state index in [0.29, 0.717) is 18.5 Å². The Morgan fingerprint density at radius 3 is 2.36 bits per heavy atom. The summed E-state index contributed by atoms with van der Waals surface area (Å²) in [5, 5.41) is 0. The molecule has 1 unspecified atom stereocenters. The van der Waals surface area contributed by atoms with Crippen LogP contribution in [0.1, 0.15) is 54.7 Å². The van der Waals surface area contributed by atoms with Crippen LogP contribution in [0.15, 0.2) is 54.6 Å². The molecule has 176 valence electrons. The third kappa shape index (κ3) is 6.02. The summed E-state index contributed by atoms with van der Waals surface area (Å²) < 4.78 is 0. The summed E-state index contributed by atoms with van der Waals surface area (Å²) in [6, 6.07) is 19.0. The lowest BCUT2D eigenvalue weighted by atomic mass is 9.93. The van der Waals surface area contributed by atoms with Gasteiger partial charge in [-0.3, -0.25) is 9.59 Å². The van der Waals surface area contributed by atoms with Crippen molar-refractivity contribution in [2.45, 2.75) is 57.5 Å². The Morgan fingerprint density at radius 1 is 1.03 bits per heavy atom. The summed E-state index contributed by atoms with van der Waals surface area (Å²) in [5.41, 5.74) is 3.48. The smallest absolute Gasteiger partial charge is 0.230 e. The van der Waals surface area contributed by atoms with E-state index < -0.39 is 0 Å². The Bertz CT molecular complexity index is 920. The summed E-state index contributed by atoms with van der Waals surface area (Å²) >= 11 is 0. The molecule has 4 rings (SSSR count). The molecular formula is C28H37N3O2. The lowest BCUT2D eigenvalue weighted by Crippen LogP contribution is -2.46. The maximum absolute atomic E-state index is 13.5. The largest absolute Gasteiger partial charge is 0.341 e. The van der Waals surface area contributed by atoms with Crippen LogP contribution in [0.4, 0.5) is 0 Å². The van der Waals surface area contributed by atoms with Crippen molar-refractivity contribution < 1.29 is 9.59 Å². The molecule has 2 heterocycles. The Labute approximate surface area is 198 Å². The summed E-state index contributed by atoms with van der Waals surface area (Å²) in [7, 11) is 1.91. The van der Waals surface area contributed by atoms with E-state index in [0.717, 1.165) is 69.4 Å². The lowest BCUT2D eigenvalue weighted by molar-refractivity contribution is -0.133. The maximum Gasteiger partial charge on any atom is 0.230 e. The van der Waals surface area contributed by atoms with E-state index in [2.05, 4.69) is 53.1 Å². The van der Waals surface area contributed by atoms with Crippen molar-refractivity contribution >= 4 is 11.8 Å². The normalized spacial score (nSPS) is 18.5. The molecule has 2 fully saturated rings. The van der Waals surface area contributed by atoms with Gasteiger partial charge in [0, 0.05) is 45.7 Å². The second-order valence-corrected chi connectivity index (χ2v) is 9.70. The maximum atomic E-state index is 13.5. The van der Waals surface area contributed by atoms with E-state index in [9.17, 15) is 9.59 Å². The first-order chi connectivity index (χ1) is 16.0. The van der Waals surface area contributed by atoms with E-state index in [1.807, 2.05) is 30.1 Å². The molecule has 2 amide bonds. The van der Waals surface area contributed by atoms with Crippen LogP contribution in [-0.4, -0.2) is 65.8 Å². The first-order valence-electron chi connectivity index (χ1n) is 12.4. The van der Waals surface area contributed by atoms with Crippen LogP contribution in [0.3, 0.4) is 0 Å². The summed E-state index contributed by atoms with van der Waals surface area (Å²) in [6.45, 7) is 6.55. The number of hydrogen-bond donors (Lipinski definition) is 0. The summed E-state index contributed by atoms with van der Waals surface area (Å²) in [5.74, 6) is 0.374. The van der Waals surface area contributed by atoms with Crippen LogP contribution in [0.2, 0.25) is 0 Å². The van der Waals surface area contributed by atoms with Crippen molar-refractivity contribution in [3.63, 3.8) is 0 Å². The zero-order valence-electron chi connectivity index (χ0n) is 20.1. The number of amides is 2. The standard InChI is InChI=1S/C28H37N3O2/c1-22-10-12-23(13-11-22)21-29(2)28(33)26(24-7-4-3-5-8-24)16-20-30-18-14-25(15-19-30)31-17-6-9-27(31)32/h3-5,7-8,10-13,25-26H,6,9,14-21H2,1-2H3. The zero-order valence-corrected chi connectivity index (χ0v) is 20.1. The minimum atomic E-state index is -0.139. The number of carbonyl (C=O) groups excluding carboxylic acids is 2. The van der Waals surface area contributed by atoms with Gasteiger partial charge in [-0.2, -0.15) is 0 Å². The molecule has 0 saturated carbocycles. The lowest BCUT2D eigenvalue weighted by Gasteiger charge is -2.37. The van der Waals surface area contributed by atoms with Gasteiger partial charge in [0.1, 0.15) is 0 Å². The Kier molecular flexibility index (Phi) is 7.81.